The molecule has 2 rings (SSSR count). The van der Waals surface area contributed by atoms with E-state index in [4.69, 9.17) is 9.47 Å². The highest BCUT2D eigenvalue weighted by Gasteiger charge is 2.06. The van der Waals surface area contributed by atoms with Crippen molar-refractivity contribution < 1.29 is 14.3 Å². The molecule has 22 heavy (non-hydrogen) atoms. The Hall–Kier alpha value is -2.21. The third kappa shape index (κ3) is 4.39. The van der Waals surface area contributed by atoms with Crippen LogP contribution < -0.4 is 20.1 Å². The van der Waals surface area contributed by atoms with Gasteiger partial charge in [-0.3, -0.25) is 4.79 Å². The van der Waals surface area contributed by atoms with Gasteiger partial charge in [0.2, 0.25) is 5.91 Å². The lowest BCUT2D eigenvalue weighted by Crippen LogP contribution is -2.21. The molecular weight excluding hydrogens is 348 g/mol. The molecular formula is C16H17BrN2O3. The molecule has 116 valence electrons. The summed E-state index contributed by atoms with van der Waals surface area (Å²) in [4.78, 5) is 11.9. The molecule has 2 aromatic rings. The lowest BCUT2D eigenvalue weighted by Gasteiger charge is -2.11. The van der Waals surface area contributed by atoms with Gasteiger partial charge in [-0.15, -0.1) is 0 Å². The summed E-state index contributed by atoms with van der Waals surface area (Å²) in [5, 5.41) is 5.86. The van der Waals surface area contributed by atoms with Gasteiger partial charge in [0.15, 0.2) is 11.5 Å². The summed E-state index contributed by atoms with van der Waals surface area (Å²) in [5.74, 6) is 1.12. The van der Waals surface area contributed by atoms with Crippen LogP contribution in [0.3, 0.4) is 0 Å². The van der Waals surface area contributed by atoms with Gasteiger partial charge in [0, 0.05) is 21.9 Å². The third-order valence-corrected chi connectivity index (χ3v) is 3.44. The Kier molecular flexibility index (Phi) is 5.66. The molecule has 0 aliphatic heterocycles. The van der Waals surface area contributed by atoms with Crippen molar-refractivity contribution in [3.63, 3.8) is 0 Å². The van der Waals surface area contributed by atoms with Gasteiger partial charge in [-0.05, 0) is 30.3 Å². The topological polar surface area (TPSA) is 59.6 Å². The Morgan fingerprint density at radius 1 is 1.05 bits per heavy atom. The van der Waals surface area contributed by atoms with Gasteiger partial charge in [0.25, 0.3) is 0 Å². The number of ether oxygens (including phenoxy) is 2. The van der Waals surface area contributed by atoms with Gasteiger partial charge >= 0.3 is 0 Å². The maximum absolute atomic E-state index is 11.9. The Bertz CT molecular complexity index is 662. The highest BCUT2D eigenvalue weighted by atomic mass is 79.9. The van der Waals surface area contributed by atoms with Crippen molar-refractivity contribution in [1.82, 2.24) is 0 Å². The van der Waals surface area contributed by atoms with Crippen LogP contribution >= 0.6 is 15.9 Å². The molecule has 0 aromatic heterocycles. The van der Waals surface area contributed by atoms with Gasteiger partial charge < -0.3 is 20.1 Å². The van der Waals surface area contributed by atoms with Crippen LogP contribution in [0.25, 0.3) is 0 Å². The summed E-state index contributed by atoms with van der Waals surface area (Å²) < 4.78 is 11.3. The lowest BCUT2D eigenvalue weighted by atomic mass is 10.2. The SMILES string of the molecule is COc1ccc(NCC(=O)Nc2cccc(Br)c2)cc1OC. The van der Waals surface area contributed by atoms with Crippen LogP contribution in [0.2, 0.25) is 0 Å². The van der Waals surface area contributed by atoms with Crippen molar-refractivity contribution >= 4 is 33.2 Å². The zero-order valence-electron chi connectivity index (χ0n) is 12.4. The van der Waals surface area contributed by atoms with Crippen LogP contribution in [-0.2, 0) is 4.79 Å². The standard InChI is InChI=1S/C16H17BrN2O3/c1-21-14-7-6-12(9-15(14)22-2)18-10-16(20)19-13-5-3-4-11(17)8-13/h3-9,18H,10H2,1-2H3,(H,19,20). The zero-order valence-corrected chi connectivity index (χ0v) is 13.9. The molecule has 0 saturated carbocycles. The second kappa shape index (κ2) is 7.70. The van der Waals surface area contributed by atoms with E-state index in [1.807, 2.05) is 30.3 Å². The molecule has 0 aliphatic rings. The number of methoxy groups -OCH3 is 2. The van der Waals surface area contributed by atoms with Crippen molar-refractivity contribution in [3.8, 4) is 11.5 Å². The van der Waals surface area contributed by atoms with E-state index >= 15 is 0 Å². The first-order chi connectivity index (χ1) is 10.6. The fourth-order valence-electron chi connectivity index (χ4n) is 1.90. The number of amides is 1. The largest absolute Gasteiger partial charge is 0.493 e. The number of hydrogen-bond donors (Lipinski definition) is 2. The van der Waals surface area contributed by atoms with Gasteiger partial charge in [0.05, 0.1) is 20.8 Å². The van der Waals surface area contributed by atoms with Gasteiger partial charge in [0.1, 0.15) is 0 Å². The summed E-state index contributed by atoms with van der Waals surface area (Å²) in [6.07, 6.45) is 0. The highest BCUT2D eigenvalue weighted by Crippen LogP contribution is 2.29. The Morgan fingerprint density at radius 2 is 1.82 bits per heavy atom. The van der Waals surface area contributed by atoms with Gasteiger partial charge in [-0.25, -0.2) is 0 Å². The first kappa shape index (κ1) is 16.2. The van der Waals surface area contributed by atoms with E-state index in [-0.39, 0.29) is 12.5 Å². The average molecular weight is 365 g/mol. The molecule has 0 radical (unpaired) electrons. The summed E-state index contributed by atoms with van der Waals surface area (Å²) >= 11 is 3.36. The minimum absolute atomic E-state index is 0.132. The number of nitrogens with one attached hydrogen (secondary N) is 2. The normalized spacial score (nSPS) is 9.95. The fraction of sp³-hybridized carbons (Fsp3) is 0.188. The molecule has 0 unspecified atom stereocenters. The third-order valence-electron chi connectivity index (χ3n) is 2.94. The smallest absolute Gasteiger partial charge is 0.243 e. The number of carbonyl (C=O) groups is 1. The molecule has 0 atom stereocenters. The van der Waals surface area contributed by atoms with Gasteiger partial charge in [-0.1, -0.05) is 22.0 Å². The molecule has 0 saturated heterocycles. The Morgan fingerprint density at radius 3 is 2.50 bits per heavy atom. The number of rotatable bonds is 6. The molecule has 1 amide bonds. The minimum atomic E-state index is -0.132. The Labute approximate surface area is 137 Å². The second-order valence-electron chi connectivity index (χ2n) is 4.48. The van der Waals surface area contributed by atoms with E-state index in [1.165, 1.54) is 0 Å². The van der Waals surface area contributed by atoms with E-state index < -0.39 is 0 Å². The van der Waals surface area contributed by atoms with Crippen molar-refractivity contribution in [2.75, 3.05) is 31.4 Å². The maximum atomic E-state index is 11.9. The Balaban J connectivity index is 1.93. The van der Waals surface area contributed by atoms with E-state index in [1.54, 1.807) is 26.4 Å². The van der Waals surface area contributed by atoms with Crippen LogP contribution in [0.4, 0.5) is 11.4 Å². The summed E-state index contributed by atoms with van der Waals surface area (Å²) in [6.45, 7) is 0.155. The summed E-state index contributed by atoms with van der Waals surface area (Å²) in [7, 11) is 3.15. The maximum Gasteiger partial charge on any atom is 0.243 e. The van der Waals surface area contributed by atoms with E-state index in [2.05, 4.69) is 26.6 Å². The zero-order chi connectivity index (χ0) is 15.9. The van der Waals surface area contributed by atoms with Crippen LogP contribution in [0, 0.1) is 0 Å². The summed E-state index contributed by atoms with van der Waals surface area (Å²) in [6, 6.07) is 12.8. The molecule has 2 N–H and O–H groups in total. The molecule has 6 heteroatoms. The second-order valence-corrected chi connectivity index (χ2v) is 5.40. The van der Waals surface area contributed by atoms with E-state index in [9.17, 15) is 4.79 Å². The predicted molar refractivity (Wildman–Crippen MR) is 90.8 cm³/mol. The number of carbonyl (C=O) groups excluding carboxylic acids is 1. The predicted octanol–water partition coefficient (Wildman–Crippen LogP) is 3.52. The number of anilines is 2. The van der Waals surface area contributed by atoms with Crippen molar-refractivity contribution in [2.45, 2.75) is 0 Å². The number of hydrogen-bond acceptors (Lipinski definition) is 4. The van der Waals surface area contributed by atoms with Crippen molar-refractivity contribution in [1.29, 1.82) is 0 Å². The molecule has 2 aromatic carbocycles. The summed E-state index contributed by atoms with van der Waals surface area (Å²) in [5.41, 5.74) is 1.52. The molecule has 0 spiro atoms. The number of benzene rings is 2. The molecule has 0 aliphatic carbocycles. The molecule has 5 nitrogen and oxygen atoms in total. The first-order valence-corrected chi connectivity index (χ1v) is 7.43. The van der Waals surface area contributed by atoms with Gasteiger partial charge in [-0.2, -0.15) is 0 Å². The number of halogens is 1. The van der Waals surface area contributed by atoms with Crippen LogP contribution in [-0.4, -0.2) is 26.7 Å². The monoisotopic (exact) mass is 364 g/mol. The fourth-order valence-corrected chi connectivity index (χ4v) is 2.30. The van der Waals surface area contributed by atoms with E-state index in [0.29, 0.717) is 11.5 Å². The first-order valence-electron chi connectivity index (χ1n) is 6.63. The van der Waals surface area contributed by atoms with Crippen LogP contribution in [0.15, 0.2) is 46.9 Å². The quantitative estimate of drug-likeness (QED) is 0.823. The minimum Gasteiger partial charge on any atom is -0.493 e. The van der Waals surface area contributed by atoms with Crippen molar-refractivity contribution in [2.24, 2.45) is 0 Å². The molecule has 0 heterocycles. The van der Waals surface area contributed by atoms with Crippen LogP contribution in [0.1, 0.15) is 0 Å². The van der Waals surface area contributed by atoms with Crippen LogP contribution in [0.5, 0.6) is 11.5 Å². The van der Waals surface area contributed by atoms with E-state index in [0.717, 1.165) is 15.8 Å². The average Bonchev–Trinajstić information content (AvgIpc) is 2.52. The van der Waals surface area contributed by atoms with Crippen molar-refractivity contribution in [3.05, 3.63) is 46.9 Å². The molecule has 0 bridgehead atoms. The highest BCUT2D eigenvalue weighted by molar-refractivity contribution is 9.10. The lowest BCUT2D eigenvalue weighted by molar-refractivity contribution is -0.114. The molecule has 0 fully saturated rings.